The van der Waals surface area contributed by atoms with E-state index in [9.17, 15) is 18.0 Å². The minimum absolute atomic E-state index is 0.0468. The van der Waals surface area contributed by atoms with Gasteiger partial charge in [-0.3, -0.25) is 9.78 Å². The Kier molecular flexibility index (Phi) is 5.17. The molecule has 3 amide bonds. The number of rotatable bonds is 4. The van der Waals surface area contributed by atoms with Crippen LogP contribution in [0.25, 0.3) is 0 Å². The summed E-state index contributed by atoms with van der Waals surface area (Å²) in [5.41, 5.74) is 1.43. The molecule has 0 bridgehead atoms. The van der Waals surface area contributed by atoms with Crippen LogP contribution in [0.3, 0.4) is 0 Å². The maximum Gasteiger partial charge on any atom is 0.319 e. The Morgan fingerprint density at radius 2 is 1.81 bits per heavy atom. The van der Waals surface area contributed by atoms with Crippen molar-refractivity contribution in [3.05, 3.63) is 54.4 Å². The zero-order valence-corrected chi connectivity index (χ0v) is 14.6. The first-order chi connectivity index (χ1) is 12.4. The molecule has 2 heterocycles. The molecule has 1 atom stereocenters. The Hall–Kier alpha value is -2.94. The van der Waals surface area contributed by atoms with Gasteiger partial charge in [0, 0.05) is 35.4 Å². The van der Waals surface area contributed by atoms with E-state index < -0.39 is 21.9 Å². The molecule has 0 radical (unpaired) electrons. The lowest BCUT2D eigenvalue weighted by atomic mass is 10.2. The van der Waals surface area contributed by atoms with Crippen LogP contribution in [0.1, 0.15) is 16.8 Å². The molecular weight excluding hydrogens is 356 g/mol. The topological polar surface area (TPSA) is 117 Å². The van der Waals surface area contributed by atoms with E-state index in [4.69, 9.17) is 0 Å². The summed E-state index contributed by atoms with van der Waals surface area (Å²) >= 11 is 0. The van der Waals surface area contributed by atoms with E-state index in [1.807, 2.05) is 0 Å². The number of anilines is 2. The van der Waals surface area contributed by atoms with Crippen LogP contribution in [-0.4, -0.2) is 42.9 Å². The summed E-state index contributed by atoms with van der Waals surface area (Å²) in [6, 6.07) is 8.92. The van der Waals surface area contributed by atoms with Crippen LogP contribution in [0.15, 0.2) is 48.8 Å². The predicted molar refractivity (Wildman–Crippen MR) is 97.8 cm³/mol. The van der Waals surface area contributed by atoms with Gasteiger partial charge >= 0.3 is 6.03 Å². The average molecular weight is 374 g/mol. The SMILES string of the molecule is O=C(Nc1cccc(C(=O)Nc2ccncc2)c1)N[C@@H]1CCS(=O)(=O)C1. The number of urea groups is 1. The molecule has 1 aromatic heterocycles. The average Bonchev–Trinajstić information content (AvgIpc) is 2.94. The van der Waals surface area contributed by atoms with E-state index >= 15 is 0 Å². The highest BCUT2D eigenvalue weighted by molar-refractivity contribution is 7.91. The summed E-state index contributed by atoms with van der Waals surface area (Å²) in [7, 11) is -3.06. The first kappa shape index (κ1) is 17.9. The van der Waals surface area contributed by atoms with Crippen LogP contribution in [0.2, 0.25) is 0 Å². The predicted octanol–water partition coefficient (Wildman–Crippen LogP) is 1.64. The number of nitrogens with one attached hydrogen (secondary N) is 3. The Labute approximate surface area is 150 Å². The second-order valence-corrected chi connectivity index (χ2v) is 8.20. The zero-order chi connectivity index (χ0) is 18.6. The van der Waals surface area contributed by atoms with Crippen LogP contribution in [0.4, 0.5) is 16.2 Å². The molecule has 3 rings (SSSR count). The smallest absolute Gasteiger partial charge is 0.319 e. The van der Waals surface area contributed by atoms with Crippen LogP contribution in [0.5, 0.6) is 0 Å². The van der Waals surface area contributed by atoms with Gasteiger partial charge in [-0.25, -0.2) is 13.2 Å². The van der Waals surface area contributed by atoms with Gasteiger partial charge < -0.3 is 16.0 Å². The van der Waals surface area contributed by atoms with Gasteiger partial charge in [-0.1, -0.05) is 6.07 Å². The number of aromatic nitrogens is 1. The maximum atomic E-state index is 12.3. The van der Waals surface area contributed by atoms with Crippen molar-refractivity contribution in [2.45, 2.75) is 12.5 Å². The molecule has 1 aliphatic heterocycles. The largest absolute Gasteiger partial charge is 0.334 e. The summed E-state index contributed by atoms with van der Waals surface area (Å²) in [6.07, 6.45) is 3.55. The minimum atomic E-state index is -3.06. The van der Waals surface area contributed by atoms with Crippen molar-refractivity contribution in [2.75, 3.05) is 22.1 Å². The second-order valence-electron chi connectivity index (χ2n) is 5.97. The summed E-state index contributed by atoms with van der Waals surface area (Å²) in [5.74, 6) is -0.278. The van der Waals surface area contributed by atoms with Gasteiger partial charge in [-0.05, 0) is 36.8 Å². The molecule has 0 aliphatic carbocycles. The molecule has 1 fully saturated rings. The standard InChI is InChI=1S/C17H18N4O4S/c22-16(19-13-4-7-18-8-5-13)12-2-1-3-14(10-12)20-17(23)21-15-6-9-26(24,25)11-15/h1-5,7-8,10,15H,6,9,11H2,(H,18,19,22)(H2,20,21,23)/t15-/m1/s1. The quantitative estimate of drug-likeness (QED) is 0.752. The first-order valence-electron chi connectivity index (χ1n) is 8.01. The molecule has 8 nitrogen and oxygen atoms in total. The van der Waals surface area contributed by atoms with Crippen molar-refractivity contribution < 1.29 is 18.0 Å². The molecular formula is C17H18N4O4S. The van der Waals surface area contributed by atoms with Crippen molar-refractivity contribution in [1.29, 1.82) is 0 Å². The zero-order valence-electron chi connectivity index (χ0n) is 13.8. The molecule has 1 saturated heterocycles. The summed E-state index contributed by atoms with van der Waals surface area (Å²) in [5, 5.41) is 7.99. The number of benzene rings is 1. The lowest BCUT2D eigenvalue weighted by Gasteiger charge is -2.12. The van der Waals surface area contributed by atoms with Gasteiger partial charge in [-0.2, -0.15) is 0 Å². The molecule has 9 heteroatoms. The third-order valence-electron chi connectivity index (χ3n) is 3.89. The molecule has 136 valence electrons. The molecule has 0 unspecified atom stereocenters. The fraction of sp³-hybridized carbons (Fsp3) is 0.235. The Bertz CT molecular complexity index is 915. The third-order valence-corrected chi connectivity index (χ3v) is 5.66. The monoisotopic (exact) mass is 374 g/mol. The van der Waals surface area contributed by atoms with Gasteiger partial charge in [0.05, 0.1) is 11.5 Å². The number of pyridine rings is 1. The number of nitrogens with zero attached hydrogens (tertiary/aromatic N) is 1. The lowest BCUT2D eigenvalue weighted by molar-refractivity contribution is 0.102. The molecule has 3 N–H and O–H groups in total. The number of hydrogen-bond acceptors (Lipinski definition) is 5. The number of carbonyl (C=O) groups excluding carboxylic acids is 2. The normalized spacial score (nSPS) is 18.1. The van der Waals surface area contributed by atoms with E-state index in [0.717, 1.165) is 0 Å². The fourth-order valence-electron chi connectivity index (χ4n) is 2.64. The number of hydrogen-bond donors (Lipinski definition) is 3. The van der Waals surface area contributed by atoms with Crippen LogP contribution < -0.4 is 16.0 Å². The van der Waals surface area contributed by atoms with Crippen molar-refractivity contribution in [3.8, 4) is 0 Å². The van der Waals surface area contributed by atoms with Crippen molar-refractivity contribution in [3.63, 3.8) is 0 Å². The maximum absolute atomic E-state index is 12.3. The van der Waals surface area contributed by atoms with Gasteiger partial charge in [-0.15, -0.1) is 0 Å². The molecule has 1 aliphatic rings. The van der Waals surface area contributed by atoms with Gasteiger partial charge in [0.1, 0.15) is 0 Å². The van der Waals surface area contributed by atoms with Crippen molar-refractivity contribution >= 4 is 33.2 Å². The van der Waals surface area contributed by atoms with Gasteiger partial charge in [0.25, 0.3) is 5.91 Å². The van der Waals surface area contributed by atoms with Crippen LogP contribution >= 0.6 is 0 Å². The lowest BCUT2D eigenvalue weighted by Crippen LogP contribution is -2.38. The molecule has 0 saturated carbocycles. The number of carbonyl (C=O) groups is 2. The number of amides is 3. The van der Waals surface area contributed by atoms with Crippen LogP contribution in [0, 0.1) is 0 Å². The minimum Gasteiger partial charge on any atom is -0.334 e. The van der Waals surface area contributed by atoms with E-state index in [0.29, 0.717) is 23.4 Å². The molecule has 2 aromatic rings. The fourth-order valence-corrected chi connectivity index (χ4v) is 4.31. The van der Waals surface area contributed by atoms with E-state index in [1.54, 1.807) is 48.8 Å². The van der Waals surface area contributed by atoms with E-state index in [1.165, 1.54) is 0 Å². The highest BCUT2D eigenvalue weighted by Crippen LogP contribution is 2.14. The summed E-state index contributed by atoms with van der Waals surface area (Å²) < 4.78 is 22.9. The van der Waals surface area contributed by atoms with Crippen molar-refractivity contribution in [1.82, 2.24) is 10.3 Å². The molecule has 26 heavy (non-hydrogen) atoms. The summed E-state index contributed by atoms with van der Waals surface area (Å²) in [4.78, 5) is 28.2. The van der Waals surface area contributed by atoms with Crippen LogP contribution in [-0.2, 0) is 9.84 Å². The third kappa shape index (κ3) is 4.79. The highest BCUT2D eigenvalue weighted by atomic mass is 32.2. The first-order valence-corrected chi connectivity index (χ1v) is 9.83. The van der Waals surface area contributed by atoms with E-state index in [-0.39, 0.29) is 17.4 Å². The summed E-state index contributed by atoms with van der Waals surface area (Å²) in [6.45, 7) is 0. The highest BCUT2D eigenvalue weighted by Gasteiger charge is 2.28. The van der Waals surface area contributed by atoms with Gasteiger partial charge in [0.15, 0.2) is 9.84 Å². The second kappa shape index (κ2) is 7.52. The van der Waals surface area contributed by atoms with E-state index in [2.05, 4.69) is 20.9 Å². The van der Waals surface area contributed by atoms with Crippen molar-refractivity contribution in [2.24, 2.45) is 0 Å². The Balaban J connectivity index is 1.60. The van der Waals surface area contributed by atoms with Gasteiger partial charge in [0.2, 0.25) is 0 Å². The number of sulfone groups is 1. The Morgan fingerprint density at radius 1 is 1.04 bits per heavy atom. The molecule has 0 spiro atoms. The molecule has 1 aromatic carbocycles. The Morgan fingerprint density at radius 3 is 2.50 bits per heavy atom.